The Bertz CT molecular complexity index is 2030. The van der Waals surface area contributed by atoms with Gasteiger partial charge in [0.15, 0.2) is 5.78 Å². The van der Waals surface area contributed by atoms with Crippen LogP contribution in [0.1, 0.15) is 112 Å². The van der Waals surface area contributed by atoms with Crippen molar-refractivity contribution in [1.82, 2.24) is 4.90 Å². The Morgan fingerprint density at radius 1 is 0.760 bits per heavy atom. The Labute approximate surface area is 445 Å². The van der Waals surface area contributed by atoms with E-state index in [0.717, 1.165) is 18.4 Å². The van der Waals surface area contributed by atoms with Crippen LogP contribution in [0.5, 0.6) is 0 Å². The first-order valence-electron chi connectivity index (χ1n) is 27.7. The second-order valence-electron chi connectivity index (χ2n) is 22.2. The molecule has 17 heteroatoms. The summed E-state index contributed by atoms with van der Waals surface area (Å²) in [6, 6.07) is -1.12. The highest BCUT2D eigenvalue weighted by Gasteiger charge is 2.57. The Balaban J connectivity index is 1.33. The first kappa shape index (κ1) is 60.7. The predicted octanol–water partition coefficient (Wildman–Crippen LogP) is 6.51. The number of amides is 1. The highest BCUT2D eigenvalue weighted by atomic mass is 16.6. The predicted molar refractivity (Wildman–Crippen MR) is 278 cm³/mol. The van der Waals surface area contributed by atoms with Crippen LogP contribution in [0.4, 0.5) is 0 Å². The average molecular weight is 1060 g/mol. The highest BCUT2D eigenvalue weighted by Crippen LogP contribution is 2.46. The molecule has 1 aliphatic carbocycles. The van der Waals surface area contributed by atoms with E-state index in [1.54, 1.807) is 34.1 Å². The van der Waals surface area contributed by atoms with Crippen molar-refractivity contribution in [3.63, 3.8) is 0 Å². The molecule has 17 nitrogen and oxygen atoms in total. The molecule has 2 unspecified atom stereocenters. The number of allylic oxidation sites excluding steroid dienone is 6. The van der Waals surface area contributed by atoms with Gasteiger partial charge in [0, 0.05) is 71.5 Å². The number of carbonyl (C=O) groups is 5. The zero-order valence-electron chi connectivity index (χ0n) is 46.4. The summed E-state index contributed by atoms with van der Waals surface area (Å²) >= 11 is 0. The Hall–Kier alpha value is -3.49. The van der Waals surface area contributed by atoms with Crippen molar-refractivity contribution >= 4 is 29.2 Å². The van der Waals surface area contributed by atoms with E-state index in [1.165, 1.54) is 19.1 Å². The summed E-state index contributed by atoms with van der Waals surface area (Å²) in [6.45, 7) is 13.9. The quantitative estimate of drug-likeness (QED) is 0.0853. The number of aliphatic hydroxyl groups is 1. The van der Waals surface area contributed by atoms with E-state index in [0.29, 0.717) is 83.6 Å². The van der Waals surface area contributed by atoms with E-state index in [9.17, 15) is 29.1 Å². The van der Waals surface area contributed by atoms with Crippen molar-refractivity contribution in [3.8, 4) is 0 Å². The van der Waals surface area contributed by atoms with Crippen molar-refractivity contribution in [1.29, 1.82) is 0 Å². The van der Waals surface area contributed by atoms with Crippen LogP contribution in [-0.2, 0) is 71.3 Å². The van der Waals surface area contributed by atoms with Crippen LogP contribution < -0.4 is 0 Å². The summed E-state index contributed by atoms with van der Waals surface area (Å²) in [7, 11) is 6.32. The molecule has 0 aromatic rings. The molecule has 1 N–H and O–H groups in total. The van der Waals surface area contributed by atoms with E-state index >= 15 is 0 Å². The molecule has 0 spiro atoms. The molecule has 0 aromatic carbocycles. The minimum absolute atomic E-state index is 0.0238. The van der Waals surface area contributed by atoms with Gasteiger partial charge in [0.25, 0.3) is 11.7 Å². The van der Waals surface area contributed by atoms with Gasteiger partial charge in [-0.3, -0.25) is 19.2 Å². The van der Waals surface area contributed by atoms with Crippen molar-refractivity contribution in [2.75, 3.05) is 74.6 Å². The van der Waals surface area contributed by atoms with Crippen molar-refractivity contribution in [3.05, 3.63) is 47.6 Å². The van der Waals surface area contributed by atoms with Crippen molar-refractivity contribution in [2.24, 2.45) is 41.4 Å². The van der Waals surface area contributed by atoms with Gasteiger partial charge in [-0.2, -0.15) is 0 Å². The average Bonchev–Trinajstić information content (AvgIpc) is 3.37. The molecule has 5 aliphatic heterocycles. The number of hydrogen-bond acceptors (Lipinski definition) is 16. The second kappa shape index (κ2) is 28.9. The van der Waals surface area contributed by atoms with Gasteiger partial charge in [0.2, 0.25) is 5.79 Å². The first-order valence-corrected chi connectivity index (χ1v) is 27.7. The zero-order chi connectivity index (χ0) is 54.4. The van der Waals surface area contributed by atoms with Gasteiger partial charge in [-0.1, -0.05) is 64.2 Å². The second-order valence-corrected chi connectivity index (χ2v) is 22.2. The number of Topliss-reactive ketones (excluding diaryl/α,β-unsaturated/α-hetero) is 3. The molecule has 6 aliphatic rings. The summed E-state index contributed by atoms with van der Waals surface area (Å²) < 4.78 is 59.4. The minimum Gasteiger partial charge on any atom is -0.460 e. The molecule has 6 rings (SSSR count). The van der Waals surface area contributed by atoms with Gasteiger partial charge < -0.3 is 57.4 Å². The zero-order valence-corrected chi connectivity index (χ0v) is 46.4. The van der Waals surface area contributed by atoms with Gasteiger partial charge in [-0.05, 0) is 101 Å². The summed E-state index contributed by atoms with van der Waals surface area (Å²) in [5, 5.41) is 12.3. The topological polar surface area (TPSA) is 201 Å². The number of esters is 1. The lowest BCUT2D eigenvalue weighted by molar-refractivity contribution is -0.266. The Morgan fingerprint density at radius 2 is 1.49 bits per heavy atom. The lowest BCUT2D eigenvalue weighted by Crippen LogP contribution is -2.65. The number of ether oxygens (including phenoxy) is 10. The van der Waals surface area contributed by atoms with Gasteiger partial charge in [0.05, 0.1) is 64.1 Å². The number of piperidine rings is 1. The molecule has 0 aromatic heterocycles. The van der Waals surface area contributed by atoms with Gasteiger partial charge in [-0.15, -0.1) is 0 Å². The smallest absolute Gasteiger partial charge is 0.329 e. The number of rotatable bonds is 14. The summed E-state index contributed by atoms with van der Waals surface area (Å²) in [5.41, 5.74) is 1.53. The van der Waals surface area contributed by atoms with Crippen LogP contribution in [0.3, 0.4) is 0 Å². The summed E-state index contributed by atoms with van der Waals surface area (Å²) in [6.07, 6.45) is 13.1. The van der Waals surface area contributed by atoms with E-state index in [4.69, 9.17) is 47.4 Å². The van der Waals surface area contributed by atoms with E-state index in [-0.39, 0.29) is 79.5 Å². The molecule has 1 saturated carbocycles. The van der Waals surface area contributed by atoms with Gasteiger partial charge in [-0.25, -0.2) is 4.79 Å². The van der Waals surface area contributed by atoms with E-state index in [1.807, 2.05) is 51.2 Å². The standard InChI is InChI=1S/C58H89NO16/c1-35-15-12-11-13-16-36(2)48(73-26-25-71-43-33-70-34-43)31-42-20-18-40(6)58(65,75-42)55(62)56(63)59-22-14-17-44-45(29-41-19-21-47(50(30-41)67-8)72-24-23-66-7)49(74-57(64)51(44)59)32-46(60)37(3)28-39(5)53(68-9)54(69-10)52(61)38(4)27-35/h11-13,15-16,28,35,37-38,40-45,47-51,53-54,65H,14,17-27,29-34H2,1-10H3/b13-11+,15-12+,36-16+,39-28+/t35-,37-,38-,40-,41+,42+,44-,45?,47-,48-,49+,50-,51?,53-,54+,58-/m1/s1. The Kier molecular flexibility index (Phi) is 23.4. The van der Waals surface area contributed by atoms with Crippen LogP contribution in [0.25, 0.3) is 0 Å². The molecule has 0 radical (unpaired) electrons. The molecule has 75 heavy (non-hydrogen) atoms. The SMILES string of the molecule is COCCO[C@@H]1CC[C@@H](CC2[C@H]3CCCN4C(=O)C(=O)[C@]5(O)O[C@@H](CC[C@H]5C)C[C@@H](OCCOC5COC5)/C(C)=C/C=C/C=C/[C@@H](C)C[C@@H](C)C(=O)[C@H](OC)[C@H](OC)/C(C)=C/[C@@H](C)C(=O)C[C@@H]2OC(=O)C34)C[C@H]1OC. The number of ketones is 3. The fraction of sp³-hybridized carbons (Fsp3) is 0.776. The number of fused-ring (bicyclic) bond motifs is 4. The molecule has 4 saturated heterocycles. The molecule has 422 valence electrons. The van der Waals surface area contributed by atoms with Crippen LogP contribution in [0.2, 0.25) is 0 Å². The summed E-state index contributed by atoms with van der Waals surface area (Å²) in [5.74, 6) is -7.97. The van der Waals surface area contributed by atoms with Crippen LogP contribution in [-0.4, -0.2) is 175 Å². The molecule has 1 amide bonds. The lowest BCUT2D eigenvalue weighted by Gasteiger charge is -2.50. The maximum Gasteiger partial charge on any atom is 0.329 e. The number of carbonyl (C=O) groups excluding carboxylic acids is 5. The summed E-state index contributed by atoms with van der Waals surface area (Å²) in [4.78, 5) is 73.8. The highest BCUT2D eigenvalue weighted by molar-refractivity contribution is 6.39. The lowest BCUT2D eigenvalue weighted by atomic mass is 9.68. The molecular weight excluding hydrogens is 967 g/mol. The maximum absolute atomic E-state index is 14.8. The number of hydrogen-bond donors (Lipinski definition) is 1. The molecular formula is C58H89NO16. The fourth-order valence-electron chi connectivity index (χ4n) is 12.3. The largest absolute Gasteiger partial charge is 0.460 e. The third-order valence-corrected chi connectivity index (χ3v) is 16.8. The van der Waals surface area contributed by atoms with Crippen LogP contribution in [0.15, 0.2) is 47.6 Å². The normalized spacial score (nSPS) is 39.7. The first-order chi connectivity index (χ1) is 35.9. The molecule has 4 bridgehead atoms. The van der Waals surface area contributed by atoms with Crippen molar-refractivity contribution in [2.45, 2.75) is 173 Å². The maximum atomic E-state index is 14.8. The number of nitrogens with zero attached hydrogens (tertiary/aromatic N) is 1. The van der Waals surface area contributed by atoms with Crippen LogP contribution in [0, 0.1) is 41.4 Å². The van der Waals surface area contributed by atoms with Crippen LogP contribution >= 0.6 is 0 Å². The van der Waals surface area contributed by atoms with Crippen molar-refractivity contribution < 1.29 is 76.4 Å². The van der Waals surface area contributed by atoms with E-state index < -0.39 is 77.8 Å². The van der Waals surface area contributed by atoms with E-state index in [2.05, 4.69) is 6.92 Å². The molecule has 5 heterocycles. The monoisotopic (exact) mass is 1060 g/mol. The Morgan fingerprint density at radius 3 is 2.19 bits per heavy atom. The van der Waals surface area contributed by atoms with Gasteiger partial charge >= 0.3 is 5.97 Å². The molecule has 5 fully saturated rings. The van der Waals surface area contributed by atoms with Gasteiger partial charge in [0.1, 0.15) is 36.2 Å². The number of methoxy groups -OCH3 is 4. The third-order valence-electron chi connectivity index (χ3n) is 16.8. The third kappa shape index (κ3) is 15.6. The molecule has 16 atom stereocenters. The minimum atomic E-state index is -2.47. The fourth-order valence-corrected chi connectivity index (χ4v) is 12.3.